The summed E-state index contributed by atoms with van der Waals surface area (Å²) in [6.07, 6.45) is 2.13. The van der Waals surface area contributed by atoms with Gasteiger partial charge in [-0.15, -0.1) is 0 Å². The first-order valence-electron chi connectivity index (χ1n) is 8.88. The number of amides is 2. The van der Waals surface area contributed by atoms with Gasteiger partial charge in [-0.3, -0.25) is 9.59 Å². The van der Waals surface area contributed by atoms with Crippen LogP contribution >= 0.6 is 0 Å². The van der Waals surface area contributed by atoms with E-state index in [1.54, 1.807) is 0 Å². The Labute approximate surface area is 148 Å². The van der Waals surface area contributed by atoms with Gasteiger partial charge < -0.3 is 16.0 Å². The standard InChI is InChI=1S/C20H25N3O2/c1-14-11-17(9-10-21-14)23-20(25)13-22-19(24)12-16-7-4-6-15-5-2-3-8-18(15)16/h2-8,14,17,21H,9-13H2,1H3,(H,22,24)(H,23,25). The van der Waals surface area contributed by atoms with E-state index in [4.69, 9.17) is 0 Å². The van der Waals surface area contributed by atoms with E-state index in [1.165, 1.54) is 0 Å². The molecule has 2 aromatic carbocycles. The van der Waals surface area contributed by atoms with E-state index < -0.39 is 0 Å². The maximum Gasteiger partial charge on any atom is 0.239 e. The first kappa shape index (κ1) is 17.4. The number of hydrogen-bond acceptors (Lipinski definition) is 3. The van der Waals surface area contributed by atoms with Crippen LogP contribution in [-0.4, -0.2) is 37.0 Å². The minimum absolute atomic E-state index is 0.0297. The van der Waals surface area contributed by atoms with Crippen LogP contribution in [0.15, 0.2) is 42.5 Å². The molecule has 5 heteroatoms. The smallest absolute Gasteiger partial charge is 0.239 e. The molecule has 2 amide bonds. The van der Waals surface area contributed by atoms with Gasteiger partial charge in [0.05, 0.1) is 13.0 Å². The molecule has 0 saturated carbocycles. The second-order valence-corrected chi connectivity index (χ2v) is 6.74. The van der Waals surface area contributed by atoms with Gasteiger partial charge in [0.2, 0.25) is 11.8 Å². The summed E-state index contributed by atoms with van der Waals surface area (Å²) in [5.41, 5.74) is 0.975. The topological polar surface area (TPSA) is 70.2 Å². The van der Waals surface area contributed by atoms with Crippen molar-refractivity contribution in [2.45, 2.75) is 38.3 Å². The Kier molecular flexibility index (Phi) is 5.66. The molecule has 2 aromatic rings. The molecule has 3 rings (SSSR count). The van der Waals surface area contributed by atoms with Crippen LogP contribution in [0.2, 0.25) is 0 Å². The van der Waals surface area contributed by atoms with Gasteiger partial charge in [0.15, 0.2) is 0 Å². The van der Waals surface area contributed by atoms with Crippen molar-refractivity contribution in [1.82, 2.24) is 16.0 Å². The molecule has 0 spiro atoms. The summed E-state index contributed by atoms with van der Waals surface area (Å²) < 4.78 is 0. The molecule has 5 nitrogen and oxygen atoms in total. The Morgan fingerprint density at radius 3 is 2.76 bits per heavy atom. The van der Waals surface area contributed by atoms with Crippen LogP contribution in [0.3, 0.4) is 0 Å². The highest BCUT2D eigenvalue weighted by Crippen LogP contribution is 2.18. The largest absolute Gasteiger partial charge is 0.352 e. The molecular weight excluding hydrogens is 314 g/mol. The highest BCUT2D eigenvalue weighted by Gasteiger charge is 2.20. The lowest BCUT2D eigenvalue weighted by Crippen LogP contribution is -2.49. The van der Waals surface area contributed by atoms with Crippen molar-refractivity contribution in [3.8, 4) is 0 Å². The second-order valence-electron chi connectivity index (χ2n) is 6.74. The van der Waals surface area contributed by atoms with Crippen molar-refractivity contribution < 1.29 is 9.59 Å². The monoisotopic (exact) mass is 339 g/mol. The molecule has 1 heterocycles. The molecule has 0 aliphatic carbocycles. The minimum Gasteiger partial charge on any atom is -0.352 e. The Morgan fingerprint density at radius 1 is 1.12 bits per heavy atom. The zero-order valence-corrected chi connectivity index (χ0v) is 14.5. The molecule has 3 N–H and O–H groups in total. The highest BCUT2D eigenvalue weighted by molar-refractivity contribution is 5.91. The third kappa shape index (κ3) is 4.79. The van der Waals surface area contributed by atoms with Crippen LogP contribution in [0.1, 0.15) is 25.3 Å². The zero-order valence-electron chi connectivity index (χ0n) is 14.5. The second kappa shape index (κ2) is 8.12. The Morgan fingerprint density at radius 2 is 1.92 bits per heavy atom. The number of piperidine rings is 1. The maximum absolute atomic E-state index is 12.2. The number of hydrogen-bond donors (Lipinski definition) is 3. The molecular formula is C20H25N3O2. The van der Waals surface area contributed by atoms with Gasteiger partial charge in [0, 0.05) is 12.1 Å². The van der Waals surface area contributed by atoms with Crippen LogP contribution in [0.25, 0.3) is 10.8 Å². The lowest BCUT2D eigenvalue weighted by molar-refractivity contribution is -0.126. The van der Waals surface area contributed by atoms with Gasteiger partial charge in [-0.1, -0.05) is 42.5 Å². The Hall–Kier alpha value is -2.40. The van der Waals surface area contributed by atoms with Gasteiger partial charge in [-0.25, -0.2) is 0 Å². The molecule has 1 fully saturated rings. The van der Waals surface area contributed by atoms with Crippen molar-refractivity contribution in [2.24, 2.45) is 0 Å². The van der Waals surface area contributed by atoms with Crippen LogP contribution in [0, 0.1) is 0 Å². The van der Waals surface area contributed by atoms with Gasteiger partial charge in [-0.05, 0) is 42.6 Å². The fraction of sp³-hybridized carbons (Fsp3) is 0.400. The number of nitrogens with one attached hydrogen (secondary N) is 3. The first-order chi connectivity index (χ1) is 12.1. The molecule has 2 atom stereocenters. The molecule has 132 valence electrons. The van der Waals surface area contributed by atoms with Crippen molar-refractivity contribution in [1.29, 1.82) is 0 Å². The molecule has 0 bridgehead atoms. The van der Waals surface area contributed by atoms with E-state index in [9.17, 15) is 9.59 Å². The fourth-order valence-electron chi connectivity index (χ4n) is 3.40. The van der Waals surface area contributed by atoms with Crippen LogP contribution < -0.4 is 16.0 Å². The summed E-state index contributed by atoms with van der Waals surface area (Å²) in [6, 6.07) is 14.6. The van der Waals surface area contributed by atoms with E-state index in [0.29, 0.717) is 6.04 Å². The third-order valence-corrected chi connectivity index (χ3v) is 4.67. The van der Waals surface area contributed by atoms with E-state index in [-0.39, 0.29) is 30.8 Å². The average Bonchev–Trinajstić information content (AvgIpc) is 2.60. The number of rotatable bonds is 5. The normalized spacial score (nSPS) is 20.2. The summed E-state index contributed by atoms with van der Waals surface area (Å²) in [5.74, 6) is -0.254. The summed E-state index contributed by atoms with van der Waals surface area (Å²) >= 11 is 0. The SMILES string of the molecule is CC1CC(NC(=O)CNC(=O)Cc2cccc3ccccc23)CCN1. The molecule has 2 unspecified atom stereocenters. The van der Waals surface area contributed by atoms with Crippen molar-refractivity contribution in [3.05, 3.63) is 48.0 Å². The Bertz CT molecular complexity index is 754. The van der Waals surface area contributed by atoms with E-state index in [0.717, 1.165) is 35.7 Å². The lowest BCUT2D eigenvalue weighted by atomic mass is 10.0. The van der Waals surface area contributed by atoms with E-state index >= 15 is 0 Å². The average molecular weight is 339 g/mol. The number of benzene rings is 2. The van der Waals surface area contributed by atoms with E-state index in [1.807, 2.05) is 42.5 Å². The van der Waals surface area contributed by atoms with Gasteiger partial charge in [0.1, 0.15) is 0 Å². The predicted octanol–water partition coefficient (Wildman–Crippen LogP) is 1.76. The molecule has 25 heavy (non-hydrogen) atoms. The quantitative estimate of drug-likeness (QED) is 0.777. The van der Waals surface area contributed by atoms with Crippen LogP contribution in [0.4, 0.5) is 0 Å². The third-order valence-electron chi connectivity index (χ3n) is 4.67. The molecule has 1 aliphatic heterocycles. The Balaban J connectivity index is 1.50. The molecule has 1 aliphatic rings. The summed E-state index contributed by atoms with van der Waals surface area (Å²) in [5, 5.41) is 11.3. The number of fused-ring (bicyclic) bond motifs is 1. The molecule has 0 radical (unpaired) electrons. The van der Waals surface area contributed by atoms with Crippen LogP contribution in [-0.2, 0) is 16.0 Å². The highest BCUT2D eigenvalue weighted by atomic mass is 16.2. The predicted molar refractivity (Wildman–Crippen MR) is 99.3 cm³/mol. The fourth-order valence-corrected chi connectivity index (χ4v) is 3.40. The number of carbonyl (C=O) groups is 2. The van der Waals surface area contributed by atoms with Crippen molar-refractivity contribution in [2.75, 3.05) is 13.1 Å². The number of carbonyl (C=O) groups excluding carboxylic acids is 2. The van der Waals surface area contributed by atoms with Gasteiger partial charge in [-0.2, -0.15) is 0 Å². The maximum atomic E-state index is 12.2. The minimum atomic E-state index is -0.134. The lowest BCUT2D eigenvalue weighted by Gasteiger charge is -2.28. The molecule has 0 aromatic heterocycles. The summed E-state index contributed by atoms with van der Waals surface area (Å²) in [6.45, 7) is 3.06. The molecule has 1 saturated heterocycles. The van der Waals surface area contributed by atoms with Crippen LogP contribution in [0.5, 0.6) is 0 Å². The zero-order chi connectivity index (χ0) is 17.6. The van der Waals surface area contributed by atoms with Gasteiger partial charge in [0.25, 0.3) is 0 Å². The van der Waals surface area contributed by atoms with E-state index in [2.05, 4.69) is 22.9 Å². The summed E-state index contributed by atoms with van der Waals surface area (Å²) in [4.78, 5) is 24.2. The summed E-state index contributed by atoms with van der Waals surface area (Å²) in [7, 11) is 0. The van der Waals surface area contributed by atoms with Gasteiger partial charge >= 0.3 is 0 Å². The first-order valence-corrected chi connectivity index (χ1v) is 8.88. The van der Waals surface area contributed by atoms with Crippen molar-refractivity contribution >= 4 is 22.6 Å². The van der Waals surface area contributed by atoms with Crippen molar-refractivity contribution in [3.63, 3.8) is 0 Å².